The molecule has 2 heterocycles. The van der Waals surface area contributed by atoms with Crippen LogP contribution in [0.25, 0.3) is 0 Å². The summed E-state index contributed by atoms with van der Waals surface area (Å²) in [4.78, 5) is 5.69. The quantitative estimate of drug-likeness (QED) is 0.779. The standard InChI is InChI=1S/C12H17N3S/c1-2-12-14-6-8-15(12)7-5-13-10-11-4-3-9-16-11/h3-4,6,8-9,13H,2,5,7,10H2,1H3. The molecule has 2 aromatic rings. The second-order valence-electron chi connectivity index (χ2n) is 3.65. The number of hydrogen-bond donors (Lipinski definition) is 1. The molecule has 0 spiro atoms. The summed E-state index contributed by atoms with van der Waals surface area (Å²) in [5.41, 5.74) is 0. The van der Waals surface area contributed by atoms with Crippen molar-refractivity contribution in [2.45, 2.75) is 26.4 Å². The van der Waals surface area contributed by atoms with Gasteiger partial charge in [0.1, 0.15) is 5.82 Å². The molecule has 0 aliphatic heterocycles. The maximum absolute atomic E-state index is 4.30. The Kier molecular flexibility index (Phi) is 4.13. The van der Waals surface area contributed by atoms with Gasteiger partial charge < -0.3 is 9.88 Å². The maximum Gasteiger partial charge on any atom is 0.108 e. The molecule has 0 atom stereocenters. The van der Waals surface area contributed by atoms with Crippen LogP contribution in [-0.2, 0) is 19.5 Å². The fraction of sp³-hybridized carbons (Fsp3) is 0.417. The van der Waals surface area contributed by atoms with Gasteiger partial charge in [0.25, 0.3) is 0 Å². The first-order valence-corrected chi connectivity index (χ1v) is 6.51. The molecular formula is C12H17N3S. The van der Waals surface area contributed by atoms with Crippen LogP contribution in [-0.4, -0.2) is 16.1 Å². The predicted octanol–water partition coefficient (Wildman–Crippen LogP) is 2.30. The van der Waals surface area contributed by atoms with E-state index in [0.717, 1.165) is 31.9 Å². The molecule has 4 heteroatoms. The highest BCUT2D eigenvalue weighted by Crippen LogP contribution is 2.07. The van der Waals surface area contributed by atoms with Gasteiger partial charge in [-0.3, -0.25) is 0 Å². The van der Waals surface area contributed by atoms with E-state index < -0.39 is 0 Å². The average molecular weight is 235 g/mol. The van der Waals surface area contributed by atoms with Crippen molar-refractivity contribution in [1.82, 2.24) is 14.9 Å². The van der Waals surface area contributed by atoms with E-state index in [0.29, 0.717) is 0 Å². The Labute approximate surface area is 100 Å². The van der Waals surface area contributed by atoms with E-state index in [2.05, 4.69) is 39.3 Å². The van der Waals surface area contributed by atoms with Crippen LogP contribution >= 0.6 is 11.3 Å². The fourth-order valence-corrected chi connectivity index (χ4v) is 2.36. The summed E-state index contributed by atoms with van der Waals surface area (Å²) in [5.74, 6) is 1.16. The zero-order chi connectivity index (χ0) is 11.2. The summed E-state index contributed by atoms with van der Waals surface area (Å²) in [6, 6.07) is 4.25. The summed E-state index contributed by atoms with van der Waals surface area (Å²) in [6.45, 7) is 5.08. The average Bonchev–Trinajstić information content (AvgIpc) is 2.95. The second kappa shape index (κ2) is 5.82. The molecule has 0 saturated carbocycles. The highest BCUT2D eigenvalue weighted by Gasteiger charge is 1.99. The van der Waals surface area contributed by atoms with Crippen LogP contribution in [0.15, 0.2) is 29.9 Å². The third kappa shape index (κ3) is 2.93. The molecule has 1 N–H and O–H groups in total. The van der Waals surface area contributed by atoms with Crippen molar-refractivity contribution in [3.63, 3.8) is 0 Å². The van der Waals surface area contributed by atoms with Gasteiger partial charge in [-0.25, -0.2) is 4.98 Å². The van der Waals surface area contributed by atoms with E-state index in [9.17, 15) is 0 Å². The van der Waals surface area contributed by atoms with E-state index in [4.69, 9.17) is 0 Å². The third-order valence-corrected chi connectivity index (χ3v) is 3.40. The van der Waals surface area contributed by atoms with Crippen molar-refractivity contribution in [1.29, 1.82) is 0 Å². The minimum Gasteiger partial charge on any atom is -0.334 e. The molecule has 16 heavy (non-hydrogen) atoms. The van der Waals surface area contributed by atoms with Crippen LogP contribution in [0.3, 0.4) is 0 Å². The van der Waals surface area contributed by atoms with E-state index >= 15 is 0 Å². The Morgan fingerprint density at radius 1 is 1.50 bits per heavy atom. The number of rotatable bonds is 6. The van der Waals surface area contributed by atoms with Gasteiger partial charge in [-0.1, -0.05) is 13.0 Å². The third-order valence-electron chi connectivity index (χ3n) is 2.53. The Balaban J connectivity index is 1.72. The number of imidazole rings is 1. The summed E-state index contributed by atoms with van der Waals surface area (Å²) in [6.07, 6.45) is 4.92. The molecule has 2 rings (SSSR count). The number of nitrogens with zero attached hydrogens (tertiary/aromatic N) is 2. The van der Waals surface area contributed by atoms with E-state index in [1.54, 1.807) is 11.3 Å². The Morgan fingerprint density at radius 2 is 2.44 bits per heavy atom. The van der Waals surface area contributed by atoms with Gasteiger partial charge in [-0.15, -0.1) is 11.3 Å². The van der Waals surface area contributed by atoms with Gasteiger partial charge in [0.05, 0.1) is 0 Å². The highest BCUT2D eigenvalue weighted by atomic mass is 32.1. The van der Waals surface area contributed by atoms with E-state index in [1.807, 2.05) is 12.4 Å². The maximum atomic E-state index is 4.30. The molecule has 86 valence electrons. The summed E-state index contributed by atoms with van der Waals surface area (Å²) < 4.78 is 2.21. The van der Waals surface area contributed by atoms with Gasteiger partial charge in [-0.05, 0) is 11.4 Å². The molecule has 0 unspecified atom stereocenters. The Hall–Kier alpha value is -1.13. The molecular weight excluding hydrogens is 218 g/mol. The summed E-state index contributed by atoms with van der Waals surface area (Å²) >= 11 is 1.80. The van der Waals surface area contributed by atoms with Gasteiger partial charge in [0.15, 0.2) is 0 Å². The molecule has 0 fully saturated rings. The molecule has 0 radical (unpaired) electrons. The number of aromatic nitrogens is 2. The summed E-state index contributed by atoms with van der Waals surface area (Å²) in [7, 11) is 0. The van der Waals surface area contributed by atoms with Crippen molar-refractivity contribution in [2.24, 2.45) is 0 Å². The first-order valence-electron chi connectivity index (χ1n) is 5.63. The molecule has 0 aliphatic carbocycles. The van der Waals surface area contributed by atoms with Crippen LogP contribution in [0.5, 0.6) is 0 Å². The van der Waals surface area contributed by atoms with E-state index in [-0.39, 0.29) is 0 Å². The molecule has 0 aliphatic rings. The zero-order valence-corrected chi connectivity index (χ0v) is 10.3. The predicted molar refractivity (Wildman–Crippen MR) is 67.6 cm³/mol. The normalized spacial score (nSPS) is 10.8. The lowest BCUT2D eigenvalue weighted by molar-refractivity contribution is 0.583. The largest absolute Gasteiger partial charge is 0.334 e. The molecule has 0 saturated heterocycles. The number of nitrogens with one attached hydrogen (secondary N) is 1. The van der Waals surface area contributed by atoms with Crippen LogP contribution in [0, 0.1) is 0 Å². The SMILES string of the molecule is CCc1nccn1CCNCc1cccs1. The van der Waals surface area contributed by atoms with Crippen LogP contribution < -0.4 is 5.32 Å². The topological polar surface area (TPSA) is 29.9 Å². The van der Waals surface area contributed by atoms with Crippen molar-refractivity contribution in [3.05, 3.63) is 40.6 Å². The Bertz CT molecular complexity index is 406. The lowest BCUT2D eigenvalue weighted by atomic mass is 10.4. The van der Waals surface area contributed by atoms with Crippen LogP contribution in [0.1, 0.15) is 17.6 Å². The molecule has 2 aromatic heterocycles. The zero-order valence-electron chi connectivity index (χ0n) is 9.52. The number of thiophene rings is 1. The van der Waals surface area contributed by atoms with Crippen molar-refractivity contribution in [2.75, 3.05) is 6.54 Å². The van der Waals surface area contributed by atoms with Gasteiger partial charge in [0, 0.05) is 43.3 Å². The van der Waals surface area contributed by atoms with Crippen LogP contribution in [0.4, 0.5) is 0 Å². The lowest BCUT2D eigenvalue weighted by Gasteiger charge is -2.07. The molecule has 3 nitrogen and oxygen atoms in total. The first kappa shape index (κ1) is 11.4. The fourth-order valence-electron chi connectivity index (χ4n) is 1.68. The molecule has 0 amide bonds. The minimum absolute atomic E-state index is 0.966. The summed E-state index contributed by atoms with van der Waals surface area (Å²) in [5, 5.41) is 5.55. The Morgan fingerprint density at radius 3 is 3.19 bits per heavy atom. The smallest absolute Gasteiger partial charge is 0.108 e. The molecule has 0 aromatic carbocycles. The first-order chi connectivity index (χ1) is 7.90. The lowest BCUT2D eigenvalue weighted by Crippen LogP contribution is -2.19. The van der Waals surface area contributed by atoms with Crippen molar-refractivity contribution in [3.8, 4) is 0 Å². The van der Waals surface area contributed by atoms with Gasteiger partial charge in [0.2, 0.25) is 0 Å². The number of aryl methyl sites for hydroxylation is 1. The highest BCUT2D eigenvalue weighted by molar-refractivity contribution is 7.09. The van der Waals surface area contributed by atoms with E-state index in [1.165, 1.54) is 4.88 Å². The van der Waals surface area contributed by atoms with Gasteiger partial charge >= 0.3 is 0 Å². The van der Waals surface area contributed by atoms with Crippen LogP contribution in [0.2, 0.25) is 0 Å². The minimum atomic E-state index is 0.966. The number of hydrogen-bond acceptors (Lipinski definition) is 3. The molecule has 0 bridgehead atoms. The van der Waals surface area contributed by atoms with Crippen molar-refractivity contribution >= 4 is 11.3 Å². The second-order valence-corrected chi connectivity index (χ2v) is 4.68. The van der Waals surface area contributed by atoms with Gasteiger partial charge in [-0.2, -0.15) is 0 Å². The monoisotopic (exact) mass is 235 g/mol. The van der Waals surface area contributed by atoms with Crippen molar-refractivity contribution < 1.29 is 0 Å².